The summed E-state index contributed by atoms with van der Waals surface area (Å²) in [6.45, 7) is 6.49. The molecule has 2 aliphatic rings. The van der Waals surface area contributed by atoms with E-state index in [2.05, 4.69) is 0 Å². The lowest BCUT2D eigenvalue weighted by Crippen LogP contribution is -2.42. The van der Waals surface area contributed by atoms with Crippen LogP contribution in [0, 0.1) is 11.3 Å². The minimum absolute atomic E-state index is 0.0388. The quantitative estimate of drug-likeness (QED) is 0.398. The van der Waals surface area contributed by atoms with E-state index in [1.165, 1.54) is 0 Å². The van der Waals surface area contributed by atoms with Crippen molar-refractivity contribution in [2.45, 2.75) is 70.9 Å². The molecule has 2 saturated heterocycles. The lowest BCUT2D eigenvalue weighted by molar-refractivity contribution is -0.190. The monoisotopic (exact) mass is 334 g/mol. The van der Waals surface area contributed by atoms with Gasteiger partial charge >= 0.3 is 0 Å². The van der Waals surface area contributed by atoms with Crippen LogP contribution in [-0.4, -0.2) is 66.2 Å². The number of hydrogen-bond donors (Lipinski definition) is 3. The lowest BCUT2D eigenvalue weighted by Gasteiger charge is -2.29. The Balaban J connectivity index is 1.61. The van der Waals surface area contributed by atoms with Crippen LogP contribution in [0.5, 0.6) is 0 Å². The van der Waals surface area contributed by atoms with Crippen molar-refractivity contribution in [3.63, 3.8) is 0 Å². The van der Waals surface area contributed by atoms with Crippen molar-refractivity contribution < 1.29 is 34.3 Å². The van der Waals surface area contributed by atoms with Gasteiger partial charge in [0.2, 0.25) is 0 Å². The highest BCUT2D eigenvalue weighted by molar-refractivity contribution is 4.98. The van der Waals surface area contributed by atoms with E-state index in [9.17, 15) is 15.3 Å². The third-order valence-electron chi connectivity index (χ3n) is 5.03. The summed E-state index contributed by atoms with van der Waals surface area (Å²) in [6, 6.07) is 0. The highest BCUT2D eigenvalue weighted by Gasteiger charge is 2.52. The highest BCUT2D eigenvalue weighted by Crippen LogP contribution is 2.41. The summed E-state index contributed by atoms with van der Waals surface area (Å²) in [5.74, 6) is -0.416. The fourth-order valence-electron chi connectivity index (χ4n) is 3.06. The van der Waals surface area contributed by atoms with Gasteiger partial charge in [0.05, 0.1) is 37.4 Å². The predicted molar refractivity (Wildman–Crippen MR) is 81.3 cm³/mol. The van der Waals surface area contributed by atoms with E-state index in [0.29, 0.717) is 6.61 Å². The standard InChI is InChI=1S/C16H30O7/c1-4-16(2,3)15(19)21-8-7-20-9-22-13-11-6-5-10(23-11)12(13)14(17)18/h10-15,17-19H,4-9H2,1-3H3. The lowest BCUT2D eigenvalue weighted by atomic mass is 9.86. The van der Waals surface area contributed by atoms with Gasteiger partial charge in [-0.3, -0.25) is 0 Å². The van der Waals surface area contributed by atoms with Crippen molar-refractivity contribution in [2.75, 3.05) is 20.0 Å². The zero-order chi connectivity index (χ0) is 17.0. The van der Waals surface area contributed by atoms with E-state index in [1.54, 1.807) is 0 Å². The van der Waals surface area contributed by atoms with Crippen LogP contribution in [0.1, 0.15) is 40.0 Å². The SMILES string of the molecule is CCC(C)(C)C(O)OCCOCOC1C2CCC(O2)C1C(O)O. The molecule has 3 N–H and O–H groups in total. The summed E-state index contributed by atoms with van der Waals surface area (Å²) >= 11 is 0. The summed E-state index contributed by atoms with van der Waals surface area (Å²) in [6.07, 6.45) is -0.312. The van der Waals surface area contributed by atoms with Gasteiger partial charge in [0.15, 0.2) is 12.6 Å². The average Bonchev–Trinajstić information content (AvgIpc) is 3.11. The molecule has 2 rings (SSSR count). The van der Waals surface area contributed by atoms with Crippen LogP contribution in [0.3, 0.4) is 0 Å². The first kappa shape index (κ1) is 19.1. The molecule has 0 spiro atoms. The molecular formula is C16H30O7. The van der Waals surface area contributed by atoms with Crippen molar-refractivity contribution in [3.8, 4) is 0 Å². The number of fused-ring (bicyclic) bond motifs is 2. The van der Waals surface area contributed by atoms with Crippen LogP contribution < -0.4 is 0 Å². The van der Waals surface area contributed by atoms with Gasteiger partial charge in [-0.2, -0.15) is 0 Å². The van der Waals surface area contributed by atoms with E-state index in [1.807, 2.05) is 20.8 Å². The molecule has 2 bridgehead atoms. The first-order valence-corrected chi connectivity index (χ1v) is 8.37. The Morgan fingerprint density at radius 3 is 2.48 bits per heavy atom. The molecule has 2 aliphatic heterocycles. The van der Waals surface area contributed by atoms with Gasteiger partial charge in [0.1, 0.15) is 6.79 Å². The Labute approximate surface area is 137 Å². The fourth-order valence-corrected chi connectivity index (χ4v) is 3.06. The van der Waals surface area contributed by atoms with Crippen molar-refractivity contribution in [3.05, 3.63) is 0 Å². The molecule has 0 saturated carbocycles. The molecule has 0 aromatic heterocycles. The molecule has 0 aliphatic carbocycles. The van der Waals surface area contributed by atoms with Crippen molar-refractivity contribution in [1.82, 2.24) is 0 Å². The maximum absolute atomic E-state index is 9.89. The van der Waals surface area contributed by atoms with Gasteiger partial charge in [0.25, 0.3) is 0 Å². The predicted octanol–water partition coefficient (Wildman–Crippen LogP) is 0.605. The Morgan fingerprint density at radius 1 is 1.13 bits per heavy atom. The maximum Gasteiger partial charge on any atom is 0.159 e. The summed E-state index contributed by atoms with van der Waals surface area (Å²) in [7, 11) is 0. The number of ether oxygens (including phenoxy) is 4. The first-order chi connectivity index (χ1) is 10.9. The van der Waals surface area contributed by atoms with Crippen molar-refractivity contribution in [2.24, 2.45) is 11.3 Å². The second kappa shape index (κ2) is 8.20. The van der Waals surface area contributed by atoms with E-state index >= 15 is 0 Å². The van der Waals surface area contributed by atoms with Gasteiger partial charge in [0, 0.05) is 5.41 Å². The molecule has 5 atom stereocenters. The van der Waals surface area contributed by atoms with Crippen LogP contribution >= 0.6 is 0 Å². The smallest absolute Gasteiger partial charge is 0.159 e. The van der Waals surface area contributed by atoms with Gasteiger partial charge in [-0.1, -0.05) is 20.8 Å². The van der Waals surface area contributed by atoms with Gasteiger partial charge in [-0.25, -0.2) is 0 Å². The van der Waals surface area contributed by atoms with Crippen molar-refractivity contribution >= 4 is 0 Å². The largest absolute Gasteiger partial charge is 0.372 e. The summed E-state index contributed by atoms with van der Waals surface area (Å²) in [5.41, 5.74) is -0.290. The Kier molecular flexibility index (Phi) is 6.79. The molecule has 0 amide bonds. The van der Waals surface area contributed by atoms with Crippen LogP contribution in [0.4, 0.5) is 0 Å². The molecule has 23 heavy (non-hydrogen) atoms. The minimum atomic E-state index is -1.44. The van der Waals surface area contributed by atoms with E-state index in [0.717, 1.165) is 19.3 Å². The zero-order valence-corrected chi connectivity index (χ0v) is 14.2. The van der Waals surface area contributed by atoms with E-state index in [-0.39, 0.29) is 37.1 Å². The van der Waals surface area contributed by atoms with E-state index < -0.39 is 18.5 Å². The first-order valence-electron chi connectivity index (χ1n) is 8.37. The Bertz CT molecular complexity index is 360. The zero-order valence-electron chi connectivity index (χ0n) is 14.2. The van der Waals surface area contributed by atoms with Crippen molar-refractivity contribution in [1.29, 1.82) is 0 Å². The molecule has 5 unspecified atom stereocenters. The molecule has 0 radical (unpaired) electrons. The maximum atomic E-state index is 9.89. The Hall–Kier alpha value is -0.280. The van der Waals surface area contributed by atoms with Gasteiger partial charge < -0.3 is 34.3 Å². The third-order valence-corrected chi connectivity index (χ3v) is 5.03. The van der Waals surface area contributed by atoms with Crippen LogP contribution in [0.15, 0.2) is 0 Å². The molecular weight excluding hydrogens is 304 g/mol. The topological polar surface area (TPSA) is 97.6 Å². The second-order valence-corrected chi connectivity index (χ2v) is 7.00. The van der Waals surface area contributed by atoms with Crippen LogP contribution in [0.2, 0.25) is 0 Å². The molecule has 0 aromatic rings. The summed E-state index contributed by atoms with van der Waals surface area (Å²) in [4.78, 5) is 0. The molecule has 0 aromatic carbocycles. The summed E-state index contributed by atoms with van der Waals surface area (Å²) < 4.78 is 22.0. The minimum Gasteiger partial charge on any atom is -0.372 e. The van der Waals surface area contributed by atoms with Crippen LogP contribution in [-0.2, 0) is 18.9 Å². The number of hydrogen-bond acceptors (Lipinski definition) is 7. The third kappa shape index (κ3) is 4.63. The normalized spacial score (nSPS) is 32.0. The van der Waals surface area contributed by atoms with Gasteiger partial charge in [-0.15, -0.1) is 0 Å². The van der Waals surface area contributed by atoms with Gasteiger partial charge in [-0.05, 0) is 19.3 Å². The number of rotatable bonds is 10. The number of aliphatic hydroxyl groups is 3. The average molecular weight is 334 g/mol. The second-order valence-electron chi connectivity index (χ2n) is 7.00. The number of aliphatic hydroxyl groups excluding tert-OH is 2. The molecule has 136 valence electrons. The molecule has 2 heterocycles. The molecule has 7 nitrogen and oxygen atoms in total. The van der Waals surface area contributed by atoms with E-state index in [4.69, 9.17) is 18.9 Å². The summed E-state index contributed by atoms with van der Waals surface area (Å²) in [5, 5.41) is 28.8. The molecule has 7 heteroatoms. The molecule has 2 fully saturated rings. The van der Waals surface area contributed by atoms with Crippen LogP contribution in [0.25, 0.3) is 0 Å². The Morgan fingerprint density at radius 2 is 1.83 bits per heavy atom. The fraction of sp³-hybridized carbons (Fsp3) is 1.00. The highest BCUT2D eigenvalue weighted by atomic mass is 16.7.